The highest BCUT2D eigenvalue weighted by Crippen LogP contribution is 2.18. The molecule has 2 rings (SSSR count). The van der Waals surface area contributed by atoms with Crippen molar-refractivity contribution in [2.45, 2.75) is 6.92 Å². The summed E-state index contributed by atoms with van der Waals surface area (Å²) in [5, 5.41) is 0. The molecule has 2 heterocycles. The highest BCUT2D eigenvalue weighted by molar-refractivity contribution is 7.61. The predicted molar refractivity (Wildman–Crippen MR) is 47.4 cm³/mol. The second-order valence-corrected chi connectivity index (χ2v) is 3.12. The molecule has 0 fully saturated rings. The van der Waals surface area contributed by atoms with Crippen LogP contribution in [0, 0.1) is 6.92 Å². The minimum atomic E-state index is -2.53. The van der Waals surface area contributed by atoms with Gasteiger partial charge in [0.2, 0.25) is 0 Å². The lowest BCUT2D eigenvalue weighted by molar-refractivity contribution is 0.622. The number of aromatic nitrogens is 4. The molecule has 0 aliphatic rings. The van der Waals surface area contributed by atoms with Crippen LogP contribution < -0.4 is 0 Å². The van der Waals surface area contributed by atoms with Crippen LogP contribution in [0.25, 0.3) is 11.2 Å². The highest BCUT2D eigenvalue weighted by Gasteiger charge is 2.06. The average molecular weight is 211 g/mol. The summed E-state index contributed by atoms with van der Waals surface area (Å²) in [6.45, 7) is 1.64. The van der Waals surface area contributed by atoms with Crippen LogP contribution in [-0.4, -0.2) is 28.4 Å². The molecule has 2 aromatic heterocycles. The Bertz CT molecular complexity index is 606. The first-order chi connectivity index (χ1) is 6.66. The molecular weight excluding hydrogens is 206 g/mol. The largest absolute Gasteiger partial charge is 0.340 e. The summed E-state index contributed by atoms with van der Waals surface area (Å²) in [4.78, 5) is 14.5. The van der Waals surface area contributed by atoms with Crippen LogP contribution in [0.15, 0.2) is 10.7 Å². The van der Waals surface area contributed by atoms with Gasteiger partial charge in [0.15, 0.2) is 11.5 Å². The molecule has 0 saturated heterocycles. The number of nitrogens with one attached hydrogen (secondary N) is 1. The first-order valence-corrected chi connectivity index (χ1v) is 4.69. The normalized spacial score (nSPS) is 10.4. The van der Waals surface area contributed by atoms with Crippen molar-refractivity contribution in [1.82, 2.24) is 19.9 Å². The molecule has 2 aromatic rings. The SMILES string of the molecule is Cc1nc(N=S(=O)=O)c2[nH]cnc2n1. The molecular formula is C6H5N5O2S. The minimum Gasteiger partial charge on any atom is -0.340 e. The van der Waals surface area contributed by atoms with E-state index >= 15 is 0 Å². The maximum atomic E-state index is 10.4. The van der Waals surface area contributed by atoms with Crippen molar-refractivity contribution in [3.63, 3.8) is 0 Å². The van der Waals surface area contributed by atoms with Gasteiger partial charge in [0, 0.05) is 0 Å². The number of aryl methyl sites for hydroxylation is 1. The number of fused-ring (bicyclic) bond motifs is 1. The molecule has 0 radical (unpaired) electrons. The molecule has 0 aliphatic heterocycles. The Morgan fingerprint density at radius 2 is 2.21 bits per heavy atom. The summed E-state index contributed by atoms with van der Waals surface area (Å²) in [5.74, 6) is 0.507. The maximum absolute atomic E-state index is 10.4. The number of hydrogen-bond donors (Lipinski definition) is 1. The third-order valence-corrected chi connectivity index (χ3v) is 1.86. The Kier molecular flexibility index (Phi) is 1.97. The Labute approximate surface area is 79.9 Å². The summed E-state index contributed by atoms with van der Waals surface area (Å²) < 4.78 is 24.1. The number of H-pyrrole nitrogens is 1. The molecule has 1 N–H and O–H groups in total. The molecule has 8 heteroatoms. The summed E-state index contributed by atoms with van der Waals surface area (Å²) in [7, 11) is -2.53. The molecule has 0 aliphatic carbocycles. The first kappa shape index (κ1) is 8.75. The number of rotatable bonds is 1. The quantitative estimate of drug-likeness (QED) is 0.733. The van der Waals surface area contributed by atoms with Crippen molar-refractivity contribution < 1.29 is 8.42 Å². The number of imidazole rings is 1. The first-order valence-electron chi connectivity index (χ1n) is 3.65. The van der Waals surface area contributed by atoms with E-state index in [1.165, 1.54) is 6.33 Å². The van der Waals surface area contributed by atoms with Crippen LogP contribution in [0.5, 0.6) is 0 Å². The number of aromatic amines is 1. The molecule has 7 nitrogen and oxygen atoms in total. The maximum Gasteiger partial charge on any atom is 0.317 e. The van der Waals surface area contributed by atoms with E-state index in [9.17, 15) is 8.42 Å². The molecule has 0 bridgehead atoms. The minimum absolute atomic E-state index is 0.0818. The fraction of sp³-hybridized carbons (Fsp3) is 0.167. The van der Waals surface area contributed by atoms with Gasteiger partial charge in [-0.1, -0.05) is 0 Å². The van der Waals surface area contributed by atoms with Crippen molar-refractivity contribution >= 4 is 27.5 Å². The molecule has 0 saturated carbocycles. The van der Waals surface area contributed by atoms with Crippen molar-refractivity contribution in [1.29, 1.82) is 0 Å². The second-order valence-electron chi connectivity index (χ2n) is 2.50. The lowest BCUT2D eigenvalue weighted by Crippen LogP contribution is -1.88. The second kappa shape index (κ2) is 3.14. The van der Waals surface area contributed by atoms with E-state index in [4.69, 9.17) is 0 Å². The van der Waals surface area contributed by atoms with E-state index in [2.05, 4.69) is 24.3 Å². The summed E-state index contributed by atoms with van der Waals surface area (Å²) in [5.41, 5.74) is 0.821. The molecule has 14 heavy (non-hydrogen) atoms. The molecule has 0 spiro atoms. The van der Waals surface area contributed by atoms with Gasteiger partial charge in [-0.05, 0) is 6.92 Å². The van der Waals surface area contributed by atoms with Gasteiger partial charge >= 0.3 is 10.5 Å². The van der Waals surface area contributed by atoms with Gasteiger partial charge in [-0.3, -0.25) is 0 Å². The predicted octanol–water partition coefficient (Wildman–Crippen LogP) is 0.356. The van der Waals surface area contributed by atoms with E-state index in [0.29, 0.717) is 17.0 Å². The van der Waals surface area contributed by atoms with Crippen LogP contribution in [0.1, 0.15) is 5.82 Å². The van der Waals surface area contributed by atoms with Crippen molar-refractivity contribution in [2.24, 2.45) is 4.36 Å². The fourth-order valence-electron chi connectivity index (χ4n) is 1.06. The van der Waals surface area contributed by atoms with Gasteiger partial charge in [-0.25, -0.2) is 15.0 Å². The Morgan fingerprint density at radius 3 is 2.93 bits per heavy atom. The number of hydrogen-bond acceptors (Lipinski definition) is 6. The van der Waals surface area contributed by atoms with Gasteiger partial charge in [-0.15, -0.1) is 4.36 Å². The van der Waals surface area contributed by atoms with Gasteiger partial charge in [0.25, 0.3) is 0 Å². The van der Waals surface area contributed by atoms with Crippen molar-refractivity contribution in [2.75, 3.05) is 0 Å². The van der Waals surface area contributed by atoms with E-state index in [-0.39, 0.29) is 5.82 Å². The Hall–Kier alpha value is -1.83. The van der Waals surface area contributed by atoms with Crippen LogP contribution in [0.2, 0.25) is 0 Å². The van der Waals surface area contributed by atoms with Gasteiger partial charge in [-0.2, -0.15) is 8.42 Å². The zero-order valence-corrected chi connectivity index (χ0v) is 7.91. The van der Waals surface area contributed by atoms with E-state index in [1.807, 2.05) is 0 Å². The highest BCUT2D eigenvalue weighted by atomic mass is 32.2. The zero-order chi connectivity index (χ0) is 10.1. The van der Waals surface area contributed by atoms with E-state index < -0.39 is 10.5 Å². The molecule has 72 valence electrons. The topological polar surface area (TPSA) is 101 Å². The van der Waals surface area contributed by atoms with Gasteiger partial charge in [0.1, 0.15) is 11.3 Å². The van der Waals surface area contributed by atoms with Crippen LogP contribution in [0.3, 0.4) is 0 Å². The van der Waals surface area contributed by atoms with Gasteiger partial charge in [0.05, 0.1) is 6.33 Å². The average Bonchev–Trinajstić information content (AvgIpc) is 2.50. The summed E-state index contributed by atoms with van der Waals surface area (Å²) in [6, 6.07) is 0. The third-order valence-electron chi connectivity index (χ3n) is 1.54. The summed E-state index contributed by atoms with van der Waals surface area (Å²) >= 11 is 0. The Morgan fingerprint density at radius 1 is 1.43 bits per heavy atom. The molecule has 0 unspecified atom stereocenters. The standard InChI is InChI=1S/C6H5N5O2S/c1-3-9-5-4(7-2-8-5)6(10-3)11-14(12)13/h2H,1H3,(H,7,8,9,10). The van der Waals surface area contributed by atoms with E-state index in [1.54, 1.807) is 6.92 Å². The third kappa shape index (κ3) is 1.46. The lowest BCUT2D eigenvalue weighted by Gasteiger charge is -1.93. The van der Waals surface area contributed by atoms with Crippen LogP contribution in [0.4, 0.5) is 5.82 Å². The Balaban J connectivity index is 2.86. The summed E-state index contributed by atoms with van der Waals surface area (Å²) in [6.07, 6.45) is 1.41. The zero-order valence-electron chi connectivity index (χ0n) is 7.09. The van der Waals surface area contributed by atoms with Crippen LogP contribution in [-0.2, 0) is 10.5 Å². The van der Waals surface area contributed by atoms with E-state index in [0.717, 1.165) is 0 Å². The van der Waals surface area contributed by atoms with Crippen molar-refractivity contribution in [3.05, 3.63) is 12.2 Å². The molecule has 0 amide bonds. The van der Waals surface area contributed by atoms with Crippen molar-refractivity contribution in [3.8, 4) is 0 Å². The lowest BCUT2D eigenvalue weighted by atomic mass is 10.5. The molecule has 0 aromatic carbocycles. The monoisotopic (exact) mass is 211 g/mol. The fourth-order valence-corrected chi connectivity index (χ4v) is 1.33. The smallest absolute Gasteiger partial charge is 0.317 e. The van der Waals surface area contributed by atoms with Gasteiger partial charge < -0.3 is 4.98 Å². The van der Waals surface area contributed by atoms with Crippen LogP contribution >= 0.6 is 0 Å². The number of nitrogens with zero attached hydrogens (tertiary/aromatic N) is 4. The molecule has 0 atom stereocenters.